The lowest BCUT2D eigenvalue weighted by atomic mass is 10.0. The highest BCUT2D eigenvalue weighted by Gasteiger charge is 2.31. The number of furan rings is 1. The fourth-order valence-electron chi connectivity index (χ4n) is 7.88. The van der Waals surface area contributed by atoms with Gasteiger partial charge in [0.1, 0.15) is 11.2 Å². The van der Waals surface area contributed by atoms with Crippen LogP contribution in [0.2, 0.25) is 0 Å². The molecule has 0 atom stereocenters. The average Bonchev–Trinajstić information content (AvgIpc) is 3.83. The predicted octanol–water partition coefficient (Wildman–Crippen LogP) is 13.5. The molecule has 0 fully saturated rings. The second kappa shape index (κ2) is 11.6. The first kappa shape index (κ1) is 31.5. The molecule has 0 aliphatic heterocycles. The number of para-hydroxylation sites is 2. The van der Waals surface area contributed by atoms with E-state index in [-0.39, 0.29) is 0 Å². The van der Waals surface area contributed by atoms with Gasteiger partial charge in [0.05, 0.1) is 33.3 Å². The monoisotopic (exact) mass is 715 g/mol. The van der Waals surface area contributed by atoms with Gasteiger partial charge < -0.3 is 13.6 Å². The lowest BCUT2D eigenvalue weighted by Crippen LogP contribution is -2.04. The third-order valence-electron chi connectivity index (χ3n) is 10.3. The minimum absolute atomic E-state index is 0.519. The quantitative estimate of drug-likeness (QED) is 0.131. The van der Waals surface area contributed by atoms with Crippen LogP contribution in [0.5, 0.6) is 0 Å². The zero-order valence-electron chi connectivity index (χ0n) is 28.3. The van der Waals surface area contributed by atoms with Crippen LogP contribution >= 0.6 is 11.8 Å². The van der Waals surface area contributed by atoms with Gasteiger partial charge in [-0.05, 0) is 115 Å². The number of thioether (sulfide) groups is 1. The molecule has 0 spiro atoms. The van der Waals surface area contributed by atoms with Gasteiger partial charge in [-0.2, -0.15) is 13.2 Å². The molecule has 53 heavy (non-hydrogen) atoms. The number of rotatable bonds is 5. The summed E-state index contributed by atoms with van der Waals surface area (Å²) in [4.78, 5) is 5.20. The summed E-state index contributed by atoms with van der Waals surface area (Å²) in [5, 5.41) is 5.46. The Kier molecular flexibility index (Phi) is 6.91. The fourth-order valence-corrected chi connectivity index (χ4v) is 8.42. The molecule has 0 aliphatic carbocycles. The van der Waals surface area contributed by atoms with E-state index in [0.29, 0.717) is 10.9 Å². The first-order valence-corrected chi connectivity index (χ1v) is 18.3. The van der Waals surface area contributed by atoms with Crippen LogP contribution in [-0.2, 0) is 6.18 Å². The first-order valence-electron chi connectivity index (χ1n) is 17.1. The third kappa shape index (κ3) is 4.82. The molecule has 3 aromatic heterocycles. The fraction of sp³-hybridized carbons (Fsp3) is 0.0444. The Bertz CT molecular complexity index is 3080. The van der Waals surface area contributed by atoms with E-state index in [2.05, 4.69) is 83.0 Å². The van der Waals surface area contributed by atoms with Crippen molar-refractivity contribution in [2.24, 2.45) is 4.99 Å². The number of hydrogen-bond acceptors (Lipinski definition) is 3. The smallest absolute Gasteiger partial charge is 0.416 e. The number of fused-ring (bicyclic) bond motifs is 9. The lowest BCUT2D eigenvalue weighted by molar-refractivity contribution is -0.137. The normalized spacial score (nSPS) is 12.3. The molecule has 10 aromatic rings. The summed E-state index contributed by atoms with van der Waals surface area (Å²) in [6, 6.07) is 44.9. The maximum absolute atomic E-state index is 14.1. The molecule has 8 heteroatoms. The molecule has 0 unspecified atom stereocenters. The number of halogens is 3. The molecule has 10 rings (SSSR count). The van der Waals surface area contributed by atoms with Crippen molar-refractivity contribution in [1.29, 1.82) is 0 Å². The number of benzene rings is 7. The van der Waals surface area contributed by atoms with Crippen molar-refractivity contribution in [2.45, 2.75) is 11.1 Å². The number of aliphatic imine (C=N–C) groups is 1. The summed E-state index contributed by atoms with van der Waals surface area (Å²) >= 11 is 1.58. The van der Waals surface area contributed by atoms with Crippen LogP contribution in [0.15, 0.2) is 154 Å². The largest absolute Gasteiger partial charge is 0.456 e. The van der Waals surface area contributed by atoms with E-state index in [1.165, 1.54) is 16.8 Å². The van der Waals surface area contributed by atoms with Crippen LogP contribution in [0.3, 0.4) is 0 Å². The molecular formula is C45H28F3N3OS. The molecule has 7 aromatic carbocycles. The molecule has 3 heterocycles. The van der Waals surface area contributed by atoms with Crippen LogP contribution < -0.4 is 0 Å². The van der Waals surface area contributed by atoms with Gasteiger partial charge in [-0.25, -0.2) is 0 Å². The number of aromatic nitrogens is 2. The van der Waals surface area contributed by atoms with Crippen molar-refractivity contribution in [3.05, 3.63) is 145 Å². The number of nitrogens with zero attached hydrogens (tertiary/aromatic N) is 3. The highest BCUT2D eigenvalue weighted by molar-refractivity contribution is 7.98. The van der Waals surface area contributed by atoms with Gasteiger partial charge in [-0.1, -0.05) is 48.5 Å². The van der Waals surface area contributed by atoms with Gasteiger partial charge in [-0.15, -0.1) is 11.8 Å². The van der Waals surface area contributed by atoms with Gasteiger partial charge in [0.2, 0.25) is 0 Å². The second-order valence-electron chi connectivity index (χ2n) is 13.2. The molecule has 0 amide bonds. The van der Waals surface area contributed by atoms with Crippen molar-refractivity contribution >= 4 is 89.7 Å². The Hall–Kier alpha value is -6.25. The van der Waals surface area contributed by atoms with Crippen LogP contribution in [0, 0.1) is 0 Å². The Morgan fingerprint density at radius 2 is 1.08 bits per heavy atom. The Labute approximate surface area is 305 Å². The lowest BCUT2D eigenvalue weighted by Gasteiger charge is -2.10. The van der Waals surface area contributed by atoms with Gasteiger partial charge in [0.15, 0.2) is 0 Å². The minimum Gasteiger partial charge on any atom is -0.456 e. The van der Waals surface area contributed by atoms with Crippen molar-refractivity contribution in [3.63, 3.8) is 0 Å². The Morgan fingerprint density at radius 3 is 1.66 bits per heavy atom. The average molecular weight is 716 g/mol. The number of hydrogen-bond donors (Lipinski definition) is 0. The van der Waals surface area contributed by atoms with E-state index in [0.717, 1.165) is 83.0 Å². The Balaban J connectivity index is 1.19. The highest BCUT2D eigenvalue weighted by atomic mass is 32.2. The van der Waals surface area contributed by atoms with Crippen LogP contribution in [0.25, 0.3) is 88.1 Å². The van der Waals surface area contributed by atoms with E-state index in [1.807, 2.05) is 65.4 Å². The van der Waals surface area contributed by atoms with Crippen molar-refractivity contribution in [3.8, 4) is 22.5 Å². The topological polar surface area (TPSA) is 35.4 Å². The molecule has 0 aliphatic rings. The van der Waals surface area contributed by atoms with Crippen LogP contribution in [0.4, 0.5) is 18.9 Å². The summed E-state index contributed by atoms with van der Waals surface area (Å²) in [5.74, 6) is 0. The highest BCUT2D eigenvalue weighted by Crippen LogP contribution is 2.42. The van der Waals surface area contributed by atoms with Crippen LogP contribution in [0.1, 0.15) is 5.56 Å². The maximum atomic E-state index is 14.1. The van der Waals surface area contributed by atoms with E-state index < -0.39 is 11.7 Å². The summed E-state index contributed by atoms with van der Waals surface area (Å²) < 4.78 is 53.0. The molecule has 0 saturated heterocycles. The number of alkyl halides is 3. The van der Waals surface area contributed by atoms with Crippen molar-refractivity contribution in [2.75, 3.05) is 6.26 Å². The van der Waals surface area contributed by atoms with Crippen molar-refractivity contribution in [1.82, 2.24) is 9.13 Å². The molecule has 0 radical (unpaired) electrons. The van der Waals surface area contributed by atoms with Gasteiger partial charge in [-0.3, -0.25) is 4.99 Å². The van der Waals surface area contributed by atoms with E-state index in [4.69, 9.17) is 4.42 Å². The molecule has 0 saturated carbocycles. The molecule has 256 valence electrons. The maximum Gasteiger partial charge on any atom is 0.416 e. The predicted molar refractivity (Wildman–Crippen MR) is 214 cm³/mol. The van der Waals surface area contributed by atoms with Gasteiger partial charge in [0.25, 0.3) is 0 Å². The second-order valence-corrected chi connectivity index (χ2v) is 14.0. The van der Waals surface area contributed by atoms with E-state index in [9.17, 15) is 13.2 Å². The molecular weight excluding hydrogens is 688 g/mol. The molecule has 0 N–H and O–H groups in total. The minimum atomic E-state index is -4.49. The zero-order valence-corrected chi connectivity index (χ0v) is 29.1. The third-order valence-corrected chi connectivity index (χ3v) is 11.1. The zero-order chi connectivity index (χ0) is 36.0. The summed E-state index contributed by atoms with van der Waals surface area (Å²) in [7, 11) is 0. The van der Waals surface area contributed by atoms with Gasteiger partial charge in [0, 0.05) is 48.6 Å². The Morgan fingerprint density at radius 1 is 0.547 bits per heavy atom. The molecule has 4 nitrogen and oxygen atoms in total. The standard InChI is InChI=1S/C45H28F3N3OS/c1-49-37-22-27(12-20-44(37)53-2)26-11-16-40-33(21-26)34-23-28(45(46,47)48)13-17-41(34)51(40)30-15-19-43-36(25-30)35-24-29(14-18-42(35)52-43)50-38-9-5-3-7-31(38)32-8-4-6-10-39(32)50/h3-25H,1H2,2H3. The summed E-state index contributed by atoms with van der Waals surface area (Å²) in [6.07, 6.45) is -2.50. The van der Waals surface area contributed by atoms with Gasteiger partial charge >= 0.3 is 6.18 Å². The van der Waals surface area contributed by atoms with Crippen LogP contribution in [-0.4, -0.2) is 22.1 Å². The SMILES string of the molecule is C=Nc1cc(-c2ccc3c(c2)c2cc(C(F)(F)F)ccc2n3-c2ccc3oc4ccc(-n5c6ccccc6c6ccccc65)cc4c3c2)ccc1SC. The molecule has 0 bridgehead atoms. The summed E-state index contributed by atoms with van der Waals surface area (Å²) in [5.41, 5.74) is 8.86. The van der Waals surface area contributed by atoms with E-state index in [1.54, 1.807) is 17.8 Å². The first-order chi connectivity index (χ1) is 25.8. The van der Waals surface area contributed by atoms with E-state index >= 15 is 0 Å². The van der Waals surface area contributed by atoms with Crippen molar-refractivity contribution < 1.29 is 17.6 Å². The summed E-state index contributed by atoms with van der Waals surface area (Å²) in [6.45, 7) is 3.73.